The number of carbonyl (C=O) groups excluding carboxylic acids is 1. The molecule has 28 heavy (non-hydrogen) atoms. The van der Waals surface area contributed by atoms with Crippen LogP contribution in [0.2, 0.25) is 0 Å². The molecule has 3 aromatic rings. The van der Waals surface area contributed by atoms with E-state index in [4.69, 9.17) is 0 Å². The summed E-state index contributed by atoms with van der Waals surface area (Å²) in [5, 5.41) is 13.1. The number of thioether (sulfide) groups is 1. The number of nitrogens with zero attached hydrogens (tertiary/aromatic N) is 1. The van der Waals surface area contributed by atoms with Crippen molar-refractivity contribution in [2.75, 3.05) is 11.1 Å². The Bertz CT molecular complexity index is 1030. The van der Waals surface area contributed by atoms with Gasteiger partial charge >= 0.3 is 0 Å². The van der Waals surface area contributed by atoms with Crippen LogP contribution in [0, 0.1) is 6.92 Å². The topological polar surface area (TPSA) is 95.1 Å². The van der Waals surface area contributed by atoms with Crippen molar-refractivity contribution < 1.29 is 9.90 Å². The number of aromatic amines is 1. The lowest BCUT2D eigenvalue weighted by Gasteiger charge is -2.07. The standard InChI is InChI=1S/C20H18BrN3O3S/c1-12-2-4-13(5-3-12)10-16-18(26)23-20(24-19(16)27)28-11-17(25)22-15-8-6-14(21)7-9-15/h2-9H,10-11H2,1H3,(H,22,25)(H2,23,24,26,27). The molecule has 0 fully saturated rings. The second-order valence-corrected chi connectivity index (χ2v) is 8.06. The number of aromatic nitrogens is 2. The molecule has 8 heteroatoms. The number of anilines is 1. The lowest BCUT2D eigenvalue weighted by atomic mass is 10.1. The molecule has 0 aliphatic carbocycles. The van der Waals surface area contributed by atoms with Crippen LogP contribution in [0.15, 0.2) is 63.0 Å². The Labute approximate surface area is 174 Å². The SMILES string of the molecule is Cc1ccc(Cc2c(O)nc(SCC(=O)Nc3ccc(Br)cc3)[nH]c2=O)cc1. The van der Waals surface area contributed by atoms with Crippen LogP contribution in [-0.4, -0.2) is 26.7 Å². The fraction of sp³-hybridized carbons (Fsp3) is 0.150. The number of aromatic hydroxyl groups is 1. The van der Waals surface area contributed by atoms with Crippen molar-refractivity contribution in [1.29, 1.82) is 0 Å². The molecule has 0 radical (unpaired) electrons. The fourth-order valence-electron chi connectivity index (χ4n) is 2.47. The molecular weight excluding hydrogens is 442 g/mol. The third kappa shape index (κ3) is 5.46. The fourth-order valence-corrected chi connectivity index (χ4v) is 3.39. The van der Waals surface area contributed by atoms with Gasteiger partial charge in [0, 0.05) is 16.6 Å². The normalized spacial score (nSPS) is 10.6. The van der Waals surface area contributed by atoms with E-state index in [0.29, 0.717) is 5.69 Å². The first-order chi connectivity index (χ1) is 13.4. The van der Waals surface area contributed by atoms with E-state index >= 15 is 0 Å². The number of rotatable bonds is 6. The van der Waals surface area contributed by atoms with Crippen LogP contribution in [0.4, 0.5) is 5.69 Å². The third-order valence-corrected chi connectivity index (χ3v) is 5.34. The van der Waals surface area contributed by atoms with Gasteiger partial charge in [-0.3, -0.25) is 9.59 Å². The zero-order valence-electron chi connectivity index (χ0n) is 15.0. The maximum absolute atomic E-state index is 12.3. The van der Waals surface area contributed by atoms with Gasteiger partial charge in [-0.2, -0.15) is 4.98 Å². The molecule has 0 saturated carbocycles. The summed E-state index contributed by atoms with van der Waals surface area (Å²) in [6.07, 6.45) is 0.281. The summed E-state index contributed by atoms with van der Waals surface area (Å²) in [4.78, 5) is 31.0. The number of hydrogen-bond donors (Lipinski definition) is 3. The summed E-state index contributed by atoms with van der Waals surface area (Å²) < 4.78 is 0.919. The van der Waals surface area contributed by atoms with Gasteiger partial charge in [-0.05, 0) is 36.8 Å². The van der Waals surface area contributed by atoms with Gasteiger partial charge in [0.05, 0.1) is 11.3 Å². The van der Waals surface area contributed by atoms with Gasteiger partial charge < -0.3 is 15.4 Å². The van der Waals surface area contributed by atoms with E-state index in [0.717, 1.165) is 27.4 Å². The van der Waals surface area contributed by atoms with Crippen molar-refractivity contribution in [2.24, 2.45) is 0 Å². The smallest absolute Gasteiger partial charge is 0.258 e. The van der Waals surface area contributed by atoms with E-state index in [2.05, 4.69) is 31.2 Å². The number of aryl methyl sites for hydroxylation is 1. The average molecular weight is 460 g/mol. The van der Waals surface area contributed by atoms with Crippen molar-refractivity contribution in [3.05, 3.63) is 80.0 Å². The van der Waals surface area contributed by atoms with Crippen LogP contribution >= 0.6 is 27.7 Å². The van der Waals surface area contributed by atoms with E-state index in [9.17, 15) is 14.7 Å². The van der Waals surface area contributed by atoms with Crippen molar-refractivity contribution in [1.82, 2.24) is 9.97 Å². The number of carbonyl (C=O) groups is 1. The molecule has 3 N–H and O–H groups in total. The Balaban J connectivity index is 1.63. The van der Waals surface area contributed by atoms with Gasteiger partial charge in [-0.1, -0.05) is 57.5 Å². The number of nitrogens with one attached hydrogen (secondary N) is 2. The van der Waals surface area contributed by atoms with Gasteiger partial charge in [0.25, 0.3) is 5.56 Å². The zero-order chi connectivity index (χ0) is 20.1. The van der Waals surface area contributed by atoms with Crippen LogP contribution in [0.25, 0.3) is 0 Å². The van der Waals surface area contributed by atoms with E-state index in [1.54, 1.807) is 12.1 Å². The summed E-state index contributed by atoms with van der Waals surface area (Å²) >= 11 is 4.38. The highest BCUT2D eigenvalue weighted by molar-refractivity contribution is 9.10. The predicted octanol–water partition coefficient (Wildman–Crippen LogP) is 3.87. The number of hydrogen-bond acceptors (Lipinski definition) is 5. The zero-order valence-corrected chi connectivity index (χ0v) is 17.4. The average Bonchev–Trinajstić information content (AvgIpc) is 2.66. The van der Waals surface area contributed by atoms with Crippen LogP contribution < -0.4 is 10.9 Å². The number of H-pyrrole nitrogens is 1. The summed E-state index contributed by atoms with van der Waals surface area (Å²) in [7, 11) is 0. The second kappa shape index (κ2) is 9.07. The minimum atomic E-state index is -0.413. The van der Waals surface area contributed by atoms with Gasteiger partial charge in [0.2, 0.25) is 11.8 Å². The van der Waals surface area contributed by atoms with Crippen LogP contribution in [-0.2, 0) is 11.2 Å². The van der Waals surface area contributed by atoms with E-state index < -0.39 is 5.56 Å². The molecule has 0 saturated heterocycles. The summed E-state index contributed by atoms with van der Waals surface area (Å²) in [6, 6.07) is 14.9. The molecule has 1 aromatic heterocycles. The Morgan fingerprint density at radius 2 is 1.86 bits per heavy atom. The van der Waals surface area contributed by atoms with Crippen molar-refractivity contribution in [2.45, 2.75) is 18.5 Å². The Morgan fingerprint density at radius 3 is 2.50 bits per heavy atom. The monoisotopic (exact) mass is 459 g/mol. The molecule has 1 amide bonds. The summed E-state index contributed by atoms with van der Waals surface area (Å²) in [5.74, 6) is -0.506. The molecule has 2 aromatic carbocycles. The molecule has 6 nitrogen and oxygen atoms in total. The molecule has 3 rings (SSSR count). The Hall–Kier alpha value is -2.58. The number of amides is 1. The molecule has 0 bridgehead atoms. The highest BCUT2D eigenvalue weighted by Crippen LogP contribution is 2.20. The molecule has 0 atom stereocenters. The summed E-state index contributed by atoms with van der Waals surface area (Å²) in [5.41, 5.74) is 2.48. The second-order valence-electron chi connectivity index (χ2n) is 6.18. The largest absolute Gasteiger partial charge is 0.493 e. The lowest BCUT2D eigenvalue weighted by molar-refractivity contribution is -0.113. The molecule has 1 heterocycles. The van der Waals surface area contributed by atoms with E-state index in [1.165, 1.54) is 0 Å². The van der Waals surface area contributed by atoms with Crippen LogP contribution in [0.5, 0.6) is 5.88 Å². The van der Waals surface area contributed by atoms with Gasteiger partial charge in [-0.25, -0.2) is 0 Å². The molecule has 0 unspecified atom stereocenters. The lowest BCUT2D eigenvalue weighted by Crippen LogP contribution is -2.17. The predicted molar refractivity (Wildman–Crippen MR) is 114 cm³/mol. The minimum absolute atomic E-state index is 0.0513. The van der Waals surface area contributed by atoms with Crippen LogP contribution in [0.1, 0.15) is 16.7 Å². The molecule has 0 spiro atoms. The molecule has 144 valence electrons. The molecular formula is C20H18BrN3O3S. The van der Waals surface area contributed by atoms with Gasteiger partial charge in [-0.15, -0.1) is 0 Å². The Morgan fingerprint density at radius 1 is 1.18 bits per heavy atom. The molecule has 0 aliphatic rings. The first-order valence-corrected chi connectivity index (χ1v) is 10.2. The van der Waals surface area contributed by atoms with E-state index in [1.807, 2.05) is 43.3 Å². The third-order valence-electron chi connectivity index (χ3n) is 3.94. The molecule has 0 aliphatic heterocycles. The first kappa shape index (κ1) is 20.2. The maximum atomic E-state index is 12.3. The number of halogens is 1. The van der Waals surface area contributed by atoms with Crippen molar-refractivity contribution in [3.8, 4) is 5.88 Å². The van der Waals surface area contributed by atoms with Crippen molar-refractivity contribution >= 4 is 39.3 Å². The highest BCUT2D eigenvalue weighted by Gasteiger charge is 2.13. The highest BCUT2D eigenvalue weighted by atomic mass is 79.9. The van der Waals surface area contributed by atoms with Gasteiger partial charge in [0.1, 0.15) is 0 Å². The van der Waals surface area contributed by atoms with Crippen LogP contribution in [0.3, 0.4) is 0 Å². The van der Waals surface area contributed by atoms with Crippen molar-refractivity contribution in [3.63, 3.8) is 0 Å². The number of benzene rings is 2. The quantitative estimate of drug-likeness (QED) is 0.384. The summed E-state index contributed by atoms with van der Waals surface area (Å²) in [6.45, 7) is 1.98. The van der Waals surface area contributed by atoms with Gasteiger partial charge in [0.15, 0.2) is 5.16 Å². The minimum Gasteiger partial charge on any atom is -0.493 e. The first-order valence-electron chi connectivity index (χ1n) is 8.46. The van der Waals surface area contributed by atoms with E-state index in [-0.39, 0.29) is 34.7 Å². The maximum Gasteiger partial charge on any atom is 0.258 e. The Kier molecular flexibility index (Phi) is 6.53.